The molecule has 0 fully saturated rings. The molecule has 142 valence electrons. The highest BCUT2D eigenvalue weighted by Gasteiger charge is 2.02. The van der Waals surface area contributed by atoms with E-state index in [2.05, 4.69) is 29.8 Å². The Kier molecular flexibility index (Phi) is 10.2. The van der Waals surface area contributed by atoms with Crippen LogP contribution in [0.25, 0.3) is 0 Å². The molecular formula is C20H28ClN3O2. The van der Waals surface area contributed by atoms with Gasteiger partial charge in [0.15, 0.2) is 0 Å². The summed E-state index contributed by atoms with van der Waals surface area (Å²) in [6.45, 7) is 6.37. The number of carbonyl (C=O) groups excluding carboxylic acids is 1. The summed E-state index contributed by atoms with van der Waals surface area (Å²) in [7, 11) is 0. The quantitative estimate of drug-likeness (QED) is 0.574. The van der Waals surface area contributed by atoms with E-state index in [1.54, 1.807) is 0 Å². The van der Waals surface area contributed by atoms with Crippen LogP contribution in [0.1, 0.15) is 25.8 Å². The number of benzene rings is 2. The number of amides is 2. The van der Waals surface area contributed by atoms with Gasteiger partial charge in [-0.15, -0.1) is 12.4 Å². The monoisotopic (exact) mass is 377 g/mol. The molecular weight excluding hydrogens is 350 g/mol. The van der Waals surface area contributed by atoms with Gasteiger partial charge in [-0.2, -0.15) is 0 Å². The number of ether oxygens (including phenoxy) is 1. The first kappa shape index (κ1) is 21.8. The van der Waals surface area contributed by atoms with Crippen LogP contribution in [-0.4, -0.2) is 25.2 Å². The minimum atomic E-state index is -0.225. The number of urea groups is 1. The van der Waals surface area contributed by atoms with Crippen LogP contribution in [0.3, 0.4) is 0 Å². The van der Waals surface area contributed by atoms with E-state index in [0.717, 1.165) is 30.0 Å². The molecule has 2 aromatic rings. The van der Waals surface area contributed by atoms with Gasteiger partial charge in [-0.25, -0.2) is 4.79 Å². The summed E-state index contributed by atoms with van der Waals surface area (Å²) >= 11 is 0. The fourth-order valence-electron chi connectivity index (χ4n) is 2.24. The molecule has 0 atom stereocenters. The summed E-state index contributed by atoms with van der Waals surface area (Å²) in [6, 6.07) is 17.5. The van der Waals surface area contributed by atoms with Gasteiger partial charge in [-0.3, -0.25) is 0 Å². The Labute approximate surface area is 161 Å². The lowest BCUT2D eigenvalue weighted by atomic mass is 10.2. The maximum absolute atomic E-state index is 11.9. The van der Waals surface area contributed by atoms with Crippen molar-refractivity contribution in [3.8, 4) is 5.75 Å². The Morgan fingerprint density at radius 1 is 1.04 bits per heavy atom. The van der Waals surface area contributed by atoms with Gasteiger partial charge in [-0.1, -0.05) is 44.2 Å². The van der Waals surface area contributed by atoms with E-state index < -0.39 is 0 Å². The van der Waals surface area contributed by atoms with E-state index in [4.69, 9.17) is 4.74 Å². The lowest BCUT2D eigenvalue weighted by Gasteiger charge is -2.10. The number of rotatable bonds is 9. The molecule has 3 N–H and O–H groups in total. The van der Waals surface area contributed by atoms with Gasteiger partial charge in [0.05, 0.1) is 6.61 Å². The Morgan fingerprint density at radius 3 is 2.38 bits per heavy atom. The summed E-state index contributed by atoms with van der Waals surface area (Å²) in [5.74, 6) is 0.805. The molecule has 2 rings (SSSR count). The molecule has 0 saturated carbocycles. The van der Waals surface area contributed by atoms with Crippen molar-refractivity contribution in [2.75, 3.05) is 18.5 Å². The van der Waals surface area contributed by atoms with E-state index in [0.29, 0.717) is 19.2 Å². The summed E-state index contributed by atoms with van der Waals surface area (Å²) in [4.78, 5) is 11.9. The maximum atomic E-state index is 11.9. The summed E-state index contributed by atoms with van der Waals surface area (Å²) in [5.41, 5.74) is 1.80. The molecule has 0 unspecified atom stereocenters. The normalized spacial score (nSPS) is 10.1. The fourth-order valence-corrected chi connectivity index (χ4v) is 2.24. The largest absolute Gasteiger partial charge is 0.494 e. The van der Waals surface area contributed by atoms with Crippen LogP contribution in [0, 0.1) is 0 Å². The van der Waals surface area contributed by atoms with Crippen molar-refractivity contribution in [2.45, 2.75) is 32.9 Å². The molecule has 0 aromatic heterocycles. The van der Waals surface area contributed by atoms with Crippen LogP contribution in [0.2, 0.25) is 0 Å². The van der Waals surface area contributed by atoms with E-state index in [1.165, 1.54) is 0 Å². The third-order valence-corrected chi connectivity index (χ3v) is 3.55. The van der Waals surface area contributed by atoms with Gasteiger partial charge in [0.2, 0.25) is 0 Å². The minimum Gasteiger partial charge on any atom is -0.494 e. The smallest absolute Gasteiger partial charge is 0.319 e. The number of anilines is 1. The fraction of sp³-hybridized carbons (Fsp3) is 0.350. The van der Waals surface area contributed by atoms with Crippen molar-refractivity contribution in [3.05, 3.63) is 60.2 Å². The van der Waals surface area contributed by atoms with Gasteiger partial charge in [0.25, 0.3) is 0 Å². The molecule has 0 aliphatic rings. The van der Waals surface area contributed by atoms with Gasteiger partial charge < -0.3 is 20.7 Å². The highest BCUT2D eigenvalue weighted by atomic mass is 35.5. The second kappa shape index (κ2) is 12.2. The molecule has 26 heavy (non-hydrogen) atoms. The number of hydrogen-bond acceptors (Lipinski definition) is 3. The molecule has 0 bridgehead atoms. The Morgan fingerprint density at radius 2 is 1.73 bits per heavy atom. The van der Waals surface area contributed by atoms with Crippen molar-refractivity contribution in [3.63, 3.8) is 0 Å². The second-order valence-electron chi connectivity index (χ2n) is 6.13. The zero-order valence-corrected chi connectivity index (χ0v) is 16.1. The van der Waals surface area contributed by atoms with Gasteiger partial charge in [-0.05, 0) is 42.8 Å². The van der Waals surface area contributed by atoms with Crippen molar-refractivity contribution >= 4 is 24.1 Å². The Bertz CT molecular complexity index is 633. The molecule has 5 nitrogen and oxygen atoms in total. The number of hydrogen-bond donors (Lipinski definition) is 3. The molecule has 0 spiro atoms. The van der Waals surface area contributed by atoms with Crippen molar-refractivity contribution in [1.82, 2.24) is 10.6 Å². The Balaban J connectivity index is 0.00000338. The van der Waals surface area contributed by atoms with E-state index >= 15 is 0 Å². The topological polar surface area (TPSA) is 62.4 Å². The molecule has 0 heterocycles. The van der Waals surface area contributed by atoms with Crippen molar-refractivity contribution in [2.24, 2.45) is 0 Å². The minimum absolute atomic E-state index is 0. The van der Waals surface area contributed by atoms with Gasteiger partial charge in [0.1, 0.15) is 5.75 Å². The highest BCUT2D eigenvalue weighted by Crippen LogP contribution is 2.15. The first-order valence-electron chi connectivity index (χ1n) is 8.68. The molecule has 6 heteroatoms. The standard InChI is InChI=1S/C20H27N3O2.ClH/c1-16(2)21-13-6-14-25-19-11-9-18(10-12-19)23-20(24)22-15-17-7-4-3-5-8-17;/h3-5,7-12,16,21H,6,13-15H2,1-2H3,(H2,22,23,24);1H. The van der Waals surface area contributed by atoms with Crippen LogP contribution in [0.15, 0.2) is 54.6 Å². The zero-order chi connectivity index (χ0) is 17.9. The number of nitrogens with one attached hydrogen (secondary N) is 3. The van der Waals surface area contributed by atoms with Crippen LogP contribution >= 0.6 is 12.4 Å². The van der Waals surface area contributed by atoms with E-state index in [-0.39, 0.29) is 18.4 Å². The molecule has 0 radical (unpaired) electrons. The molecule has 0 aliphatic heterocycles. The molecule has 2 amide bonds. The summed E-state index contributed by atoms with van der Waals surface area (Å²) in [5, 5.41) is 9.00. The third kappa shape index (κ3) is 8.74. The number of halogens is 1. The van der Waals surface area contributed by atoms with Gasteiger partial charge >= 0.3 is 6.03 Å². The maximum Gasteiger partial charge on any atom is 0.319 e. The van der Waals surface area contributed by atoms with Crippen LogP contribution in [0.4, 0.5) is 10.5 Å². The van der Waals surface area contributed by atoms with E-state index in [9.17, 15) is 4.79 Å². The summed E-state index contributed by atoms with van der Waals surface area (Å²) < 4.78 is 5.68. The third-order valence-electron chi connectivity index (χ3n) is 3.55. The summed E-state index contributed by atoms with van der Waals surface area (Å²) in [6.07, 6.45) is 0.958. The van der Waals surface area contributed by atoms with Crippen molar-refractivity contribution < 1.29 is 9.53 Å². The first-order valence-corrected chi connectivity index (χ1v) is 8.68. The SMILES string of the molecule is CC(C)NCCCOc1ccc(NC(=O)NCc2ccccc2)cc1.Cl. The number of carbonyl (C=O) groups is 1. The molecule has 2 aromatic carbocycles. The van der Waals surface area contributed by atoms with Crippen LogP contribution < -0.4 is 20.7 Å². The van der Waals surface area contributed by atoms with Crippen LogP contribution in [-0.2, 0) is 6.54 Å². The predicted molar refractivity (Wildman–Crippen MR) is 109 cm³/mol. The lowest BCUT2D eigenvalue weighted by molar-refractivity contribution is 0.251. The lowest BCUT2D eigenvalue weighted by Crippen LogP contribution is -2.28. The van der Waals surface area contributed by atoms with Crippen LogP contribution in [0.5, 0.6) is 5.75 Å². The predicted octanol–water partition coefficient (Wildman–Crippen LogP) is 4.20. The van der Waals surface area contributed by atoms with Crippen molar-refractivity contribution in [1.29, 1.82) is 0 Å². The molecule has 0 aliphatic carbocycles. The zero-order valence-electron chi connectivity index (χ0n) is 15.3. The van der Waals surface area contributed by atoms with Gasteiger partial charge in [0, 0.05) is 18.3 Å². The first-order chi connectivity index (χ1) is 12.1. The second-order valence-corrected chi connectivity index (χ2v) is 6.13. The average Bonchev–Trinajstić information content (AvgIpc) is 2.62. The highest BCUT2D eigenvalue weighted by molar-refractivity contribution is 5.89. The Hall–Kier alpha value is -2.24. The molecule has 0 saturated heterocycles. The van der Waals surface area contributed by atoms with E-state index in [1.807, 2.05) is 54.6 Å². The average molecular weight is 378 g/mol.